The Hall–Kier alpha value is -15.3. The second-order valence-electron chi connectivity index (χ2n) is 29.4. The molecule has 0 fully saturated rings. The molecule has 2 heterocycles. The van der Waals surface area contributed by atoms with Crippen LogP contribution in [0, 0.1) is 0 Å². The number of hydrogen-bond donors (Lipinski definition) is 0. The monoisotopic (exact) mass is 1470 g/mol. The molecule has 0 aliphatic rings. The number of hydrogen-bond acceptors (Lipinski definition) is 5. The fraction of sp³-hybridized carbons (Fsp3) is 0. The molecule has 20 aromatic carbocycles. The van der Waals surface area contributed by atoms with Gasteiger partial charge in [-0.3, -0.25) is 0 Å². The molecule has 5 heteroatoms. The zero-order valence-corrected chi connectivity index (χ0v) is 62.8. The van der Waals surface area contributed by atoms with Gasteiger partial charge in [0.25, 0.3) is 0 Å². The van der Waals surface area contributed by atoms with Crippen LogP contribution < -0.4 is 14.7 Å². The van der Waals surface area contributed by atoms with Crippen molar-refractivity contribution in [3.05, 3.63) is 443 Å². The van der Waals surface area contributed by atoms with Gasteiger partial charge >= 0.3 is 0 Å². The van der Waals surface area contributed by atoms with E-state index in [1.165, 1.54) is 59.6 Å². The number of furan rings is 2. The Kier molecular flexibility index (Phi) is 17.2. The van der Waals surface area contributed by atoms with E-state index in [2.05, 4.69) is 458 Å². The Bertz CT molecular complexity index is 7300. The third kappa shape index (κ3) is 12.5. The van der Waals surface area contributed by atoms with Crippen LogP contribution in [0.15, 0.2) is 452 Å². The molecule has 0 bridgehead atoms. The minimum Gasteiger partial charge on any atom is -0.455 e. The summed E-state index contributed by atoms with van der Waals surface area (Å²) in [5.74, 6) is 1.73. The standard InChI is InChI=1S/C60H40N2O.C50H33NO/c1-5-21-43(22-6-1)57-58-51-37-35-47(61(45-27-9-3-10-28-45)55-33-17-25-41-19-13-15-31-49(41)55)39-53(51)54-40-48(36-38-52(54)60(58)63-59(57)44-23-7-2-8-24-44)62(46-29-11-4-12-30-46)56-34-18-26-42-20-14-16-32-50(42)56;1-2-10-34(11-3-1)37-18-20-38(21-19-37)49-47-32-42-16-8-9-17-43(42)33-48(47)52-50(49)39-24-26-44(27-25-39)51(45-28-22-35-12-4-6-14-40(35)30-45)46-29-23-36-13-5-7-15-41(36)31-46/h1-40H;1-33H. The molecule has 22 aromatic rings. The van der Waals surface area contributed by atoms with Crippen molar-refractivity contribution >= 4 is 149 Å². The van der Waals surface area contributed by atoms with Gasteiger partial charge in [0.05, 0.1) is 11.4 Å². The van der Waals surface area contributed by atoms with E-state index < -0.39 is 0 Å². The average Bonchev–Trinajstić information content (AvgIpc) is 1.62. The van der Waals surface area contributed by atoms with Crippen molar-refractivity contribution in [1.29, 1.82) is 0 Å². The summed E-state index contributed by atoms with van der Waals surface area (Å²) in [5.41, 5.74) is 20.5. The Morgan fingerprint density at radius 1 is 0.165 bits per heavy atom. The largest absolute Gasteiger partial charge is 0.455 e. The van der Waals surface area contributed by atoms with Crippen LogP contribution >= 0.6 is 0 Å². The van der Waals surface area contributed by atoms with Crippen LogP contribution in [-0.4, -0.2) is 0 Å². The Labute approximate surface area is 666 Å². The van der Waals surface area contributed by atoms with Crippen molar-refractivity contribution in [2.45, 2.75) is 0 Å². The summed E-state index contributed by atoms with van der Waals surface area (Å²) < 4.78 is 14.0. The smallest absolute Gasteiger partial charge is 0.143 e. The van der Waals surface area contributed by atoms with Crippen molar-refractivity contribution in [1.82, 2.24) is 0 Å². The first-order valence-corrected chi connectivity index (χ1v) is 39.3. The van der Waals surface area contributed by atoms with E-state index >= 15 is 0 Å². The van der Waals surface area contributed by atoms with Crippen LogP contribution in [0.3, 0.4) is 0 Å². The van der Waals surface area contributed by atoms with Crippen LogP contribution in [0.4, 0.5) is 51.2 Å². The van der Waals surface area contributed by atoms with Crippen molar-refractivity contribution in [3.8, 4) is 56.0 Å². The van der Waals surface area contributed by atoms with E-state index in [9.17, 15) is 0 Å². The van der Waals surface area contributed by atoms with Gasteiger partial charge in [-0.25, -0.2) is 0 Å². The van der Waals surface area contributed by atoms with E-state index in [4.69, 9.17) is 8.83 Å². The Morgan fingerprint density at radius 2 is 0.513 bits per heavy atom. The van der Waals surface area contributed by atoms with Gasteiger partial charge in [-0.1, -0.05) is 315 Å². The first-order valence-electron chi connectivity index (χ1n) is 39.3. The molecule has 0 unspecified atom stereocenters. The fourth-order valence-corrected chi connectivity index (χ4v) is 17.1. The third-order valence-corrected chi connectivity index (χ3v) is 22.6. The zero-order valence-electron chi connectivity index (χ0n) is 62.8. The number of rotatable bonds is 14. The fourth-order valence-electron chi connectivity index (χ4n) is 17.1. The summed E-state index contributed by atoms with van der Waals surface area (Å²) >= 11 is 0. The van der Waals surface area contributed by atoms with Gasteiger partial charge < -0.3 is 23.5 Å². The lowest BCUT2D eigenvalue weighted by Crippen LogP contribution is -2.11. The molecule has 22 rings (SSSR count). The SMILES string of the molecule is c1ccc(-c2ccc(-c3c(-c4ccc(N(c5ccc6ccccc6c5)c5ccc6ccccc6c5)cc4)oc4cc5ccccc5cc34)cc2)cc1.c1ccc(-c2oc3c4ccc(N(c5ccccc5)c5cccc6ccccc56)cc4c4cc(N(c5ccccc5)c5cccc6ccccc56)ccc4c3c2-c2ccccc2)cc1. The molecule has 0 spiro atoms. The third-order valence-electron chi connectivity index (χ3n) is 22.6. The van der Waals surface area contributed by atoms with Crippen LogP contribution in [0.5, 0.6) is 0 Å². The molecule has 115 heavy (non-hydrogen) atoms. The quantitative estimate of drug-likeness (QED) is 0.101. The topological polar surface area (TPSA) is 36.0 Å². The van der Waals surface area contributed by atoms with Crippen LogP contribution in [-0.2, 0) is 0 Å². The molecule has 0 atom stereocenters. The molecule has 0 saturated carbocycles. The highest BCUT2D eigenvalue weighted by Crippen LogP contribution is 2.52. The molecule has 2 aromatic heterocycles. The Balaban J connectivity index is 0.000000147. The highest BCUT2D eigenvalue weighted by atomic mass is 16.3. The molecule has 540 valence electrons. The van der Waals surface area contributed by atoms with Gasteiger partial charge in [-0.15, -0.1) is 0 Å². The number of para-hydroxylation sites is 2. The molecular formula is C110H73N3O2. The maximum absolute atomic E-state index is 7.23. The maximum atomic E-state index is 7.23. The molecular weight excluding hydrogens is 1400 g/mol. The predicted octanol–water partition coefficient (Wildman–Crippen LogP) is 31.7. The molecule has 5 nitrogen and oxygen atoms in total. The lowest BCUT2D eigenvalue weighted by molar-refractivity contribution is 0.633. The molecule has 0 radical (unpaired) electrons. The van der Waals surface area contributed by atoms with Gasteiger partial charge in [0, 0.05) is 89.0 Å². The molecule has 0 N–H and O–H groups in total. The van der Waals surface area contributed by atoms with Crippen molar-refractivity contribution < 1.29 is 8.83 Å². The number of fused-ring (bicyclic) bond motifs is 12. The van der Waals surface area contributed by atoms with Gasteiger partial charge in [0.2, 0.25) is 0 Å². The molecule has 0 amide bonds. The predicted molar refractivity (Wildman–Crippen MR) is 486 cm³/mol. The van der Waals surface area contributed by atoms with E-state index in [0.29, 0.717) is 0 Å². The van der Waals surface area contributed by atoms with E-state index in [1.54, 1.807) is 0 Å². The van der Waals surface area contributed by atoms with Crippen LogP contribution in [0.25, 0.3) is 153 Å². The van der Waals surface area contributed by atoms with Crippen LogP contribution in [0.1, 0.15) is 0 Å². The average molecular weight is 1470 g/mol. The minimum absolute atomic E-state index is 0.863. The lowest BCUT2D eigenvalue weighted by atomic mass is 9.91. The molecule has 0 saturated heterocycles. The first-order chi connectivity index (χ1) is 57.0. The minimum atomic E-state index is 0.863. The van der Waals surface area contributed by atoms with E-state index in [-0.39, 0.29) is 0 Å². The summed E-state index contributed by atoms with van der Waals surface area (Å²) in [6.07, 6.45) is 0. The van der Waals surface area contributed by atoms with E-state index in [0.717, 1.165) is 145 Å². The summed E-state index contributed by atoms with van der Waals surface area (Å²) in [7, 11) is 0. The van der Waals surface area contributed by atoms with Gasteiger partial charge in [0.1, 0.15) is 22.7 Å². The van der Waals surface area contributed by atoms with Crippen molar-refractivity contribution in [2.75, 3.05) is 14.7 Å². The lowest BCUT2D eigenvalue weighted by Gasteiger charge is -2.28. The second-order valence-corrected chi connectivity index (χ2v) is 29.4. The van der Waals surface area contributed by atoms with Gasteiger partial charge in [0.15, 0.2) is 0 Å². The summed E-state index contributed by atoms with van der Waals surface area (Å²) in [6, 6.07) is 159. The first kappa shape index (κ1) is 67.8. The number of nitrogens with zero attached hydrogens (tertiary/aromatic N) is 3. The number of benzene rings is 20. The summed E-state index contributed by atoms with van der Waals surface area (Å²) in [5, 5.41) is 18.6. The molecule has 0 aliphatic heterocycles. The summed E-state index contributed by atoms with van der Waals surface area (Å²) in [6.45, 7) is 0. The normalized spacial score (nSPS) is 11.5. The number of anilines is 9. The highest BCUT2D eigenvalue weighted by Gasteiger charge is 2.27. The van der Waals surface area contributed by atoms with Gasteiger partial charge in [-0.2, -0.15) is 0 Å². The second kappa shape index (κ2) is 29.2. The van der Waals surface area contributed by atoms with Crippen molar-refractivity contribution in [3.63, 3.8) is 0 Å². The van der Waals surface area contributed by atoms with E-state index in [1.807, 2.05) is 0 Å². The van der Waals surface area contributed by atoms with Gasteiger partial charge in [-0.05, 0) is 209 Å². The zero-order chi connectivity index (χ0) is 76.1. The summed E-state index contributed by atoms with van der Waals surface area (Å²) in [4.78, 5) is 7.13. The van der Waals surface area contributed by atoms with Crippen LogP contribution in [0.2, 0.25) is 0 Å². The Morgan fingerprint density at radius 3 is 1.05 bits per heavy atom. The van der Waals surface area contributed by atoms with Crippen molar-refractivity contribution in [2.24, 2.45) is 0 Å². The molecule has 0 aliphatic carbocycles. The maximum Gasteiger partial charge on any atom is 0.143 e. The highest BCUT2D eigenvalue weighted by molar-refractivity contribution is 6.30.